The Bertz CT molecular complexity index is 749. The minimum absolute atomic E-state index is 0.0113. The van der Waals surface area contributed by atoms with Crippen LogP contribution in [-0.4, -0.2) is 36.5 Å². The molecule has 150 valence electrons. The molecule has 4 nitrogen and oxygen atoms in total. The standard InChI is InChI=1S/C24H32N2O2/c1-3-4-16-28-23-10-8-21(9-11-23)24(27)25-22-12-14-26(15-13-22)18-20-7-5-6-19(2)17-20/h5-11,17,22H,3-4,12-16,18H2,1-2H3,(H,25,27). The largest absolute Gasteiger partial charge is 0.494 e. The first-order valence-corrected chi connectivity index (χ1v) is 10.5. The summed E-state index contributed by atoms with van der Waals surface area (Å²) in [7, 11) is 0. The molecule has 1 aliphatic rings. The van der Waals surface area contributed by atoms with E-state index in [2.05, 4.69) is 48.3 Å². The van der Waals surface area contributed by atoms with Crippen molar-refractivity contribution >= 4 is 5.91 Å². The second-order valence-corrected chi connectivity index (χ2v) is 7.74. The van der Waals surface area contributed by atoms with Gasteiger partial charge in [0.25, 0.3) is 5.91 Å². The maximum atomic E-state index is 12.5. The van der Waals surface area contributed by atoms with Crippen molar-refractivity contribution in [1.29, 1.82) is 0 Å². The van der Waals surface area contributed by atoms with Crippen molar-refractivity contribution in [3.05, 3.63) is 65.2 Å². The number of likely N-dealkylation sites (tertiary alicyclic amines) is 1. The van der Waals surface area contributed by atoms with Crippen LogP contribution >= 0.6 is 0 Å². The molecule has 1 amide bonds. The number of carbonyl (C=O) groups excluding carboxylic acids is 1. The molecule has 0 bridgehead atoms. The van der Waals surface area contributed by atoms with Gasteiger partial charge in [-0.25, -0.2) is 0 Å². The predicted molar refractivity (Wildman–Crippen MR) is 114 cm³/mol. The van der Waals surface area contributed by atoms with Gasteiger partial charge in [-0.15, -0.1) is 0 Å². The molecule has 0 spiro atoms. The SMILES string of the molecule is CCCCOc1ccc(C(=O)NC2CCN(Cc3cccc(C)c3)CC2)cc1. The number of hydrogen-bond acceptors (Lipinski definition) is 3. The Kier molecular flexibility index (Phi) is 7.49. The molecule has 0 atom stereocenters. The molecule has 1 aliphatic heterocycles. The maximum absolute atomic E-state index is 12.5. The highest BCUT2D eigenvalue weighted by atomic mass is 16.5. The Morgan fingerprint density at radius 2 is 1.89 bits per heavy atom. The minimum Gasteiger partial charge on any atom is -0.494 e. The van der Waals surface area contributed by atoms with Crippen LogP contribution in [0.1, 0.15) is 54.1 Å². The van der Waals surface area contributed by atoms with Gasteiger partial charge in [0.1, 0.15) is 5.75 Å². The van der Waals surface area contributed by atoms with Crippen molar-refractivity contribution < 1.29 is 9.53 Å². The molecule has 1 N–H and O–H groups in total. The molecule has 0 radical (unpaired) electrons. The molecule has 2 aromatic rings. The van der Waals surface area contributed by atoms with Gasteiger partial charge in [0.05, 0.1) is 6.61 Å². The van der Waals surface area contributed by atoms with E-state index in [-0.39, 0.29) is 11.9 Å². The van der Waals surface area contributed by atoms with Crippen LogP contribution in [-0.2, 0) is 6.54 Å². The van der Waals surface area contributed by atoms with Gasteiger partial charge < -0.3 is 10.1 Å². The van der Waals surface area contributed by atoms with Crippen LogP contribution in [0.5, 0.6) is 5.75 Å². The molecule has 2 aromatic carbocycles. The second-order valence-electron chi connectivity index (χ2n) is 7.74. The third-order valence-electron chi connectivity index (χ3n) is 5.29. The van der Waals surface area contributed by atoms with Gasteiger partial charge in [-0.2, -0.15) is 0 Å². The molecule has 1 heterocycles. The molecule has 0 aromatic heterocycles. The quantitative estimate of drug-likeness (QED) is 0.682. The van der Waals surface area contributed by atoms with E-state index in [1.54, 1.807) is 0 Å². The van der Waals surface area contributed by atoms with Crippen molar-refractivity contribution in [3.8, 4) is 5.75 Å². The zero-order valence-corrected chi connectivity index (χ0v) is 17.1. The van der Waals surface area contributed by atoms with Crippen molar-refractivity contribution in [1.82, 2.24) is 10.2 Å². The first kappa shape index (κ1) is 20.4. The Balaban J connectivity index is 1.43. The third kappa shape index (κ3) is 6.10. The van der Waals surface area contributed by atoms with Gasteiger partial charge in [0.15, 0.2) is 0 Å². The number of nitrogens with one attached hydrogen (secondary N) is 1. The van der Waals surface area contributed by atoms with Crippen molar-refractivity contribution in [2.45, 2.75) is 52.1 Å². The highest BCUT2D eigenvalue weighted by molar-refractivity contribution is 5.94. The number of amides is 1. The van der Waals surface area contributed by atoms with E-state index in [1.165, 1.54) is 11.1 Å². The van der Waals surface area contributed by atoms with E-state index in [0.717, 1.165) is 57.7 Å². The Hall–Kier alpha value is -2.33. The van der Waals surface area contributed by atoms with Gasteiger partial charge in [-0.05, 0) is 56.0 Å². The van der Waals surface area contributed by atoms with Crippen molar-refractivity contribution in [2.24, 2.45) is 0 Å². The first-order chi connectivity index (χ1) is 13.6. The molecule has 0 saturated carbocycles. The van der Waals surface area contributed by atoms with Gasteiger partial charge in [0.2, 0.25) is 0 Å². The van der Waals surface area contributed by atoms with Crippen LogP contribution in [0.15, 0.2) is 48.5 Å². The maximum Gasteiger partial charge on any atom is 0.251 e. The van der Waals surface area contributed by atoms with E-state index < -0.39 is 0 Å². The fraction of sp³-hybridized carbons (Fsp3) is 0.458. The lowest BCUT2D eigenvalue weighted by molar-refractivity contribution is 0.0909. The Morgan fingerprint density at radius 3 is 2.57 bits per heavy atom. The number of nitrogens with zero attached hydrogens (tertiary/aromatic N) is 1. The number of ether oxygens (including phenoxy) is 1. The third-order valence-corrected chi connectivity index (χ3v) is 5.29. The summed E-state index contributed by atoms with van der Waals surface area (Å²) in [6.07, 6.45) is 4.15. The first-order valence-electron chi connectivity index (χ1n) is 10.5. The fourth-order valence-electron chi connectivity index (χ4n) is 3.61. The number of hydrogen-bond donors (Lipinski definition) is 1. The molecule has 1 saturated heterocycles. The summed E-state index contributed by atoms with van der Waals surface area (Å²) in [5, 5.41) is 3.19. The van der Waals surface area contributed by atoms with Gasteiger partial charge in [0, 0.05) is 31.2 Å². The smallest absolute Gasteiger partial charge is 0.251 e. The van der Waals surface area contributed by atoms with E-state index >= 15 is 0 Å². The van der Waals surface area contributed by atoms with Crippen molar-refractivity contribution in [2.75, 3.05) is 19.7 Å². The predicted octanol–water partition coefficient (Wildman–Crippen LogP) is 4.57. The average Bonchev–Trinajstić information content (AvgIpc) is 2.70. The van der Waals surface area contributed by atoms with Crippen LogP contribution in [0, 0.1) is 6.92 Å². The highest BCUT2D eigenvalue weighted by Crippen LogP contribution is 2.16. The lowest BCUT2D eigenvalue weighted by atomic mass is 10.0. The van der Waals surface area contributed by atoms with E-state index in [0.29, 0.717) is 5.56 Å². The molecule has 0 unspecified atom stereocenters. The number of piperidine rings is 1. The average molecular weight is 381 g/mol. The Morgan fingerprint density at radius 1 is 1.14 bits per heavy atom. The highest BCUT2D eigenvalue weighted by Gasteiger charge is 2.21. The van der Waals surface area contributed by atoms with Crippen LogP contribution in [0.25, 0.3) is 0 Å². The summed E-state index contributed by atoms with van der Waals surface area (Å²) in [4.78, 5) is 15.0. The van der Waals surface area contributed by atoms with Crippen LogP contribution < -0.4 is 10.1 Å². The van der Waals surface area contributed by atoms with Gasteiger partial charge in [-0.3, -0.25) is 9.69 Å². The zero-order chi connectivity index (χ0) is 19.8. The zero-order valence-electron chi connectivity index (χ0n) is 17.1. The number of unbranched alkanes of at least 4 members (excludes halogenated alkanes) is 1. The van der Waals surface area contributed by atoms with Gasteiger partial charge >= 0.3 is 0 Å². The van der Waals surface area contributed by atoms with Crippen LogP contribution in [0.4, 0.5) is 0 Å². The molecule has 0 aliphatic carbocycles. The normalized spacial score (nSPS) is 15.4. The minimum atomic E-state index is 0.0113. The molecule has 1 fully saturated rings. The summed E-state index contributed by atoms with van der Waals surface area (Å²) >= 11 is 0. The number of rotatable bonds is 8. The topological polar surface area (TPSA) is 41.6 Å². The summed E-state index contributed by atoms with van der Waals surface area (Å²) in [6, 6.07) is 16.4. The van der Waals surface area contributed by atoms with E-state index in [1.807, 2.05) is 24.3 Å². The fourth-order valence-corrected chi connectivity index (χ4v) is 3.61. The second kappa shape index (κ2) is 10.3. The van der Waals surface area contributed by atoms with E-state index in [4.69, 9.17) is 4.74 Å². The summed E-state index contributed by atoms with van der Waals surface area (Å²) in [5.74, 6) is 0.840. The van der Waals surface area contributed by atoms with Crippen LogP contribution in [0.3, 0.4) is 0 Å². The lowest BCUT2D eigenvalue weighted by Gasteiger charge is -2.32. The van der Waals surface area contributed by atoms with Gasteiger partial charge in [-0.1, -0.05) is 43.2 Å². The number of aryl methyl sites for hydroxylation is 1. The van der Waals surface area contributed by atoms with Crippen molar-refractivity contribution in [3.63, 3.8) is 0 Å². The summed E-state index contributed by atoms with van der Waals surface area (Å²) in [6.45, 7) is 8.02. The molecule has 4 heteroatoms. The molecule has 3 rings (SSSR count). The van der Waals surface area contributed by atoms with Crippen LogP contribution in [0.2, 0.25) is 0 Å². The summed E-state index contributed by atoms with van der Waals surface area (Å²) in [5.41, 5.74) is 3.37. The Labute approximate surface area is 168 Å². The molecular weight excluding hydrogens is 348 g/mol. The summed E-state index contributed by atoms with van der Waals surface area (Å²) < 4.78 is 5.66. The monoisotopic (exact) mass is 380 g/mol. The molecular formula is C24H32N2O2. The number of carbonyl (C=O) groups is 1. The van der Waals surface area contributed by atoms with E-state index in [9.17, 15) is 4.79 Å². The number of benzene rings is 2. The lowest BCUT2D eigenvalue weighted by Crippen LogP contribution is -2.44. The molecule has 28 heavy (non-hydrogen) atoms.